The SMILES string of the molecule is CC(C)(C)OC(=O)N1C(=O)[C@@H](CC(=O)c2ccccc2)[C@H]1c1ccccc1. The van der Waals surface area contributed by atoms with Crippen molar-refractivity contribution in [1.82, 2.24) is 4.90 Å². The van der Waals surface area contributed by atoms with Crippen LogP contribution < -0.4 is 0 Å². The van der Waals surface area contributed by atoms with E-state index in [2.05, 4.69) is 0 Å². The lowest BCUT2D eigenvalue weighted by atomic mass is 9.79. The molecule has 2 aromatic carbocycles. The molecule has 1 fully saturated rings. The molecule has 0 radical (unpaired) electrons. The maximum Gasteiger partial charge on any atom is 0.417 e. The topological polar surface area (TPSA) is 63.7 Å². The number of β-lactam (4-membered cyclic amide) rings is 1. The number of ketones is 1. The number of nitrogens with zero attached hydrogens (tertiary/aromatic N) is 1. The Kier molecular flexibility index (Phi) is 5.13. The Labute approximate surface area is 158 Å². The first-order chi connectivity index (χ1) is 12.8. The van der Waals surface area contributed by atoms with Crippen molar-refractivity contribution in [3.63, 3.8) is 0 Å². The van der Waals surface area contributed by atoms with Gasteiger partial charge >= 0.3 is 6.09 Å². The number of likely N-dealkylation sites (tertiary alicyclic amines) is 1. The Hall–Kier alpha value is -2.95. The molecule has 0 N–H and O–H groups in total. The lowest BCUT2D eigenvalue weighted by Crippen LogP contribution is -2.58. The average molecular weight is 365 g/mol. The first-order valence-corrected chi connectivity index (χ1v) is 8.97. The summed E-state index contributed by atoms with van der Waals surface area (Å²) in [5, 5.41) is 0. The van der Waals surface area contributed by atoms with E-state index in [1.165, 1.54) is 0 Å². The summed E-state index contributed by atoms with van der Waals surface area (Å²) in [5.74, 6) is -1.06. The number of hydrogen-bond acceptors (Lipinski definition) is 4. The summed E-state index contributed by atoms with van der Waals surface area (Å²) in [7, 11) is 0. The summed E-state index contributed by atoms with van der Waals surface area (Å²) < 4.78 is 5.38. The summed E-state index contributed by atoms with van der Waals surface area (Å²) in [5.41, 5.74) is 0.672. The highest BCUT2D eigenvalue weighted by Crippen LogP contribution is 2.43. The van der Waals surface area contributed by atoms with Gasteiger partial charge in [-0.2, -0.15) is 0 Å². The van der Waals surface area contributed by atoms with Gasteiger partial charge in [0.25, 0.3) is 0 Å². The molecule has 27 heavy (non-hydrogen) atoms. The van der Waals surface area contributed by atoms with E-state index in [-0.39, 0.29) is 18.1 Å². The van der Waals surface area contributed by atoms with Crippen LogP contribution in [0.5, 0.6) is 0 Å². The van der Waals surface area contributed by atoms with Gasteiger partial charge in [-0.3, -0.25) is 9.59 Å². The number of carbonyl (C=O) groups is 3. The number of carbonyl (C=O) groups excluding carboxylic acids is 3. The number of hydrogen-bond donors (Lipinski definition) is 0. The van der Waals surface area contributed by atoms with Gasteiger partial charge in [-0.05, 0) is 26.3 Å². The first kappa shape index (κ1) is 18.8. The highest BCUT2D eigenvalue weighted by Gasteiger charge is 2.53. The molecule has 0 aromatic heterocycles. The minimum absolute atomic E-state index is 0.0572. The number of Topliss-reactive ketones (excluding diaryl/α,β-unsaturated/α-hetero) is 1. The lowest BCUT2D eigenvalue weighted by molar-refractivity contribution is -0.154. The Balaban J connectivity index is 1.84. The molecular formula is C22H23NO4. The van der Waals surface area contributed by atoms with Crippen molar-refractivity contribution in [2.45, 2.75) is 38.8 Å². The third-order valence-electron chi connectivity index (χ3n) is 4.45. The Morgan fingerprint density at radius 1 is 0.963 bits per heavy atom. The largest absolute Gasteiger partial charge is 0.443 e. The van der Waals surface area contributed by atoms with E-state index in [1.807, 2.05) is 36.4 Å². The fourth-order valence-electron chi connectivity index (χ4n) is 3.24. The second kappa shape index (κ2) is 7.35. The van der Waals surface area contributed by atoms with Crippen molar-refractivity contribution >= 4 is 17.8 Å². The van der Waals surface area contributed by atoms with Crippen LogP contribution in [0.25, 0.3) is 0 Å². The van der Waals surface area contributed by atoms with Gasteiger partial charge in [0.1, 0.15) is 5.60 Å². The van der Waals surface area contributed by atoms with Crippen LogP contribution in [0.1, 0.15) is 49.2 Å². The maximum absolute atomic E-state index is 12.7. The van der Waals surface area contributed by atoms with Crippen molar-refractivity contribution < 1.29 is 19.1 Å². The molecule has 1 heterocycles. The number of ether oxygens (including phenoxy) is 1. The molecule has 0 aliphatic carbocycles. The summed E-state index contributed by atoms with van der Waals surface area (Å²) >= 11 is 0. The van der Waals surface area contributed by atoms with Gasteiger partial charge in [0.2, 0.25) is 5.91 Å². The predicted molar refractivity (Wildman–Crippen MR) is 101 cm³/mol. The lowest BCUT2D eigenvalue weighted by Gasteiger charge is -2.45. The fraction of sp³-hybridized carbons (Fsp3) is 0.318. The average Bonchev–Trinajstić information content (AvgIpc) is 2.63. The van der Waals surface area contributed by atoms with Gasteiger partial charge in [0.05, 0.1) is 12.0 Å². The molecule has 2 aromatic rings. The Morgan fingerprint density at radius 2 is 1.52 bits per heavy atom. The third kappa shape index (κ3) is 4.08. The number of amides is 2. The summed E-state index contributed by atoms with van der Waals surface area (Å²) in [6.45, 7) is 5.26. The van der Waals surface area contributed by atoms with Crippen LogP contribution in [0.15, 0.2) is 60.7 Å². The van der Waals surface area contributed by atoms with E-state index in [9.17, 15) is 14.4 Å². The third-order valence-corrected chi connectivity index (χ3v) is 4.45. The van der Waals surface area contributed by atoms with E-state index < -0.39 is 23.7 Å². The van der Waals surface area contributed by atoms with E-state index in [0.717, 1.165) is 10.5 Å². The van der Waals surface area contributed by atoms with E-state index in [4.69, 9.17) is 4.74 Å². The van der Waals surface area contributed by atoms with Crippen molar-refractivity contribution in [2.75, 3.05) is 0 Å². The molecule has 2 atom stereocenters. The molecule has 140 valence electrons. The van der Waals surface area contributed by atoms with Crippen molar-refractivity contribution in [1.29, 1.82) is 0 Å². The monoisotopic (exact) mass is 365 g/mol. The molecule has 3 rings (SSSR count). The van der Waals surface area contributed by atoms with Crippen LogP contribution in [0.3, 0.4) is 0 Å². The number of imide groups is 1. The van der Waals surface area contributed by atoms with Gasteiger partial charge < -0.3 is 4.74 Å². The molecule has 5 nitrogen and oxygen atoms in total. The van der Waals surface area contributed by atoms with Crippen molar-refractivity contribution in [3.05, 3.63) is 71.8 Å². The molecule has 5 heteroatoms. The molecule has 1 aliphatic heterocycles. The summed E-state index contributed by atoms with van der Waals surface area (Å²) in [6.07, 6.45) is -0.619. The standard InChI is InChI=1S/C22H23NO4/c1-22(2,3)27-21(26)23-19(16-12-8-5-9-13-16)17(20(23)25)14-18(24)15-10-6-4-7-11-15/h4-13,17,19H,14H2,1-3H3/t17-,19+/m0/s1. The first-order valence-electron chi connectivity index (χ1n) is 8.97. The van der Waals surface area contributed by atoms with Crippen molar-refractivity contribution in [3.8, 4) is 0 Å². The maximum atomic E-state index is 12.7. The van der Waals surface area contributed by atoms with Gasteiger partial charge in [-0.15, -0.1) is 0 Å². The highest BCUT2D eigenvalue weighted by molar-refractivity contribution is 6.04. The van der Waals surface area contributed by atoms with Crippen LogP contribution >= 0.6 is 0 Å². The molecule has 1 saturated heterocycles. The van der Waals surface area contributed by atoms with E-state index in [1.54, 1.807) is 45.0 Å². The molecule has 0 saturated carbocycles. The zero-order chi connectivity index (χ0) is 19.6. The molecule has 0 unspecified atom stereocenters. The number of rotatable bonds is 4. The van der Waals surface area contributed by atoms with Crippen LogP contribution in [0, 0.1) is 5.92 Å². The Bertz CT molecular complexity index is 840. The predicted octanol–water partition coefficient (Wildman–Crippen LogP) is 4.39. The van der Waals surface area contributed by atoms with Crippen LogP contribution in [0.2, 0.25) is 0 Å². The smallest absolute Gasteiger partial charge is 0.417 e. The number of benzene rings is 2. The van der Waals surface area contributed by atoms with E-state index >= 15 is 0 Å². The molecule has 0 bridgehead atoms. The van der Waals surface area contributed by atoms with Gasteiger partial charge in [-0.25, -0.2) is 9.69 Å². The van der Waals surface area contributed by atoms with Gasteiger partial charge in [0, 0.05) is 12.0 Å². The minimum atomic E-state index is -0.705. The molecule has 1 aliphatic rings. The van der Waals surface area contributed by atoms with Crippen LogP contribution in [-0.4, -0.2) is 28.3 Å². The molecule has 0 spiro atoms. The second-order valence-electron chi connectivity index (χ2n) is 7.64. The Morgan fingerprint density at radius 3 is 2.07 bits per heavy atom. The van der Waals surface area contributed by atoms with Crippen molar-refractivity contribution in [2.24, 2.45) is 5.92 Å². The van der Waals surface area contributed by atoms with E-state index in [0.29, 0.717) is 5.56 Å². The molecular weight excluding hydrogens is 342 g/mol. The quantitative estimate of drug-likeness (QED) is 0.595. The van der Waals surface area contributed by atoms with Crippen LogP contribution in [-0.2, 0) is 9.53 Å². The van der Waals surface area contributed by atoms with Crippen LogP contribution in [0.4, 0.5) is 4.79 Å². The zero-order valence-corrected chi connectivity index (χ0v) is 15.7. The van der Waals surface area contributed by atoms with Gasteiger partial charge in [-0.1, -0.05) is 60.7 Å². The fourth-order valence-corrected chi connectivity index (χ4v) is 3.24. The second-order valence-corrected chi connectivity index (χ2v) is 7.64. The summed E-state index contributed by atoms with van der Waals surface area (Å²) in [6, 6.07) is 17.7. The summed E-state index contributed by atoms with van der Waals surface area (Å²) in [4.78, 5) is 39.0. The normalized spacial score (nSPS) is 19.4. The molecule has 2 amide bonds. The van der Waals surface area contributed by atoms with Gasteiger partial charge in [0.15, 0.2) is 5.78 Å². The zero-order valence-electron chi connectivity index (χ0n) is 15.7. The minimum Gasteiger partial charge on any atom is -0.443 e. The highest BCUT2D eigenvalue weighted by atomic mass is 16.6.